The van der Waals surface area contributed by atoms with E-state index >= 15 is 0 Å². The summed E-state index contributed by atoms with van der Waals surface area (Å²) in [7, 11) is 2.03. The highest BCUT2D eigenvalue weighted by Crippen LogP contribution is 2.25. The van der Waals surface area contributed by atoms with Crippen LogP contribution in [-0.4, -0.2) is 51.9 Å². The molecule has 2 aromatic rings. The van der Waals surface area contributed by atoms with Gasteiger partial charge in [-0.05, 0) is 12.6 Å². The maximum Gasteiger partial charge on any atom is 0.328 e. The molecule has 126 valence electrons. The molecule has 1 aromatic heterocycles. The second kappa shape index (κ2) is 6.84. The van der Waals surface area contributed by atoms with Gasteiger partial charge in [0.25, 0.3) is 5.56 Å². The molecule has 24 heavy (non-hydrogen) atoms. The zero-order chi connectivity index (χ0) is 17.1. The average Bonchev–Trinajstić information content (AvgIpc) is 2.58. The molecule has 0 bridgehead atoms. The van der Waals surface area contributed by atoms with E-state index in [2.05, 4.69) is 9.88 Å². The largest absolute Gasteiger partial charge is 0.332 e. The van der Waals surface area contributed by atoms with Crippen LogP contribution in [0.1, 0.15) is 11.6 Å². The maximum atomic E-state index is 12.8. The Morgan fingerprint density at radius 1 is 1.17 bits per heavy atom. The van der Waals surface area contributed by atoms with Crippen molar-refractivity contribution in [3.63, 3.8) is 0 Å². The molecule has 1 amide bonds. The number of aromatic nitrogens is 2. The number of rotatable bonds is 3. The van der Waals surface area contributed by atoms with Crippen LogP contribution in [0.5, 0.6) is 0 Å². The molecule has 7 nitrogen and oxygen atoms in total. The van der Waals surface area contributed by atoms with Gasteiger partial charge < -0.3 is 9.80 Å². The predicted octanol–water partition coefficient (Wildman–Crippen LogP) is 0.0519. The van der Waals surface area contributed by atoms with Crippen LogP contribution in [-0.2, 0) is 11.3 Å². The molecule has 1 saturated heterocycles. The number of hydrogen-bond acceptors (Lipinski definition) is 4. The van der Waals surface area contributed by atoms with Gasteiger partial charge >= 0.3 is 5.69 Å². The van der Waals surface area contributed by atoms with Crippen molar-refractivity contribution < 1.29 is 4.79 Å². The van der Waals surface area contributed by atoms with E-state index in [0.717, 1.165) is 18.7 Å². The minimum Gasteiger partial charge on any atom is -0.332 e. The van der Waals surface area contributed by atoms with Crippen LogP contribution in [0.15, 0.2) is 52.2 Å². The molecule has 0 spiro atoms. The first-order valence-electron chi connectivity index (χ1n) is 7.87. The van der Waals surface area contributed by atoms with Crippen molar-refractivity contribution in [1.82, 2.24) is 19.4 Å². The van der Waals surface area contributed by atoms with E-state index in [-0.39, 0.29) is 18.5 Å². The number of piperazine rings is 1. The Hall–Kier alpha value is -2.67. The second-order valence-corrected chi connectivity index (χ2v) is 6.01. The fourth-order valence-corrected chi connectivity index (χ4v) is 2.98. The Morgan fingerprint density at radius 3 is 2.62 bits per heavy atom. The van der Waals surface area contributed by atoms with Crippen molar-refractivity contribution in [3.05, 3.63) is 69.0 Å². The number of nitrogens with one attached hydrogen (secondary N) is 1. The summed E-state index contributed by atoms with van der Waals surface area (Å²) in [4.78, 5) is 41.8. The Bertz CT molecular complexity index is 827. The lowest BCUT2D eigenvalue weighted by molar-refractivity contribution is -0.136. The molecule has 1 aromatic carbocycles. The van der Waals surface area contributed by atoms with Crippen LogP contribution in [0.2, 0.25) is 0 Å². The monoisotopic (exact) mass is 328 g/mol. The van der Waals surface area contributed by atoms with Crippen molar-refractivity contribution in [2.45, 2.75) is 12.6 Å². The Morgan fingerprint density at radius 2 is 1.92 bits per heavy atom. The summed E-state index contributed by atoms with van der Waals surface area (Å²) in [5.74, 6) is -0.133. The summed E-state index contributed by atoms with van der Waals surface area (Å²) >= 11 is 0. The van der Waals surface area contributed by atoms with Crippen LogP contribution in [0.25, 0.3) is 0 Å². The Labute approximate surface area is 139 Å². The van der Waals surface area contributed by atoms with Crippen LogP contribution in [0, 0.1) is 0 Å². The van der Waals surface area contributed by atoms with Crippen molar-refractivity contribution in [3.8, 4) is 0 Å². The first-order chi connectivity index (χ1) is 11.5. The van der Waals surface area contributed by atoms with Crippen LogP contribution < -0.4 is 11.2 Å². The lowest BCUT2D eigenvalue weighted by Crippen LogP contribution is -2.50. The molecule has 1 aliphatic rings. The third kappa shape index (κ3) is 3.46. The fraction of sp³-hybridized carbons (Fsp3) is 0.353. The summed E-state index contributed by atoms with van der Waals surface area (Å²) < 4.78 is 1.23. The number of hydrogen-bond donors (Lipinski definition) is 1. The zero-order valence-corrected chi connectivity index (χ0v) is 13.5. The number of likely N-dealkylation sites (N-methyl/N-ethyl adjacent to an activating group) is 1. The molecule has 0 unspecified atom stereocenters. The first kappa shape index (κ1) is 16.2. The van der Waals surface area contributed by atoms with E-state index in [1.165, 1.54) is 16.8 Å². The topological polar surface area (TPSA) is 78.4 Å². The van der Waals surface area contributed by atoms with E-state index in [0.29, 0.717) is 6.54 Å². The molecule has 0 saturated carbocycles. The number of carbonyl (C=O) groups is 1. The quantitative estimate of drug-likeness (QED) is 0.864. The van der Waals surface area contributed by atoms with Gasteiger partial charge in [-0.15, -0.1) is 0 Å². The average molecular weight is 328 g/mol. The van der Waals surface area contributed by atoms with E-state index in [4.69, 9.17) is 0 Å². The van der Waals surface area contributed by atoms with E-state index in [1.807, 2.05) is 42.3 Å². The highest BCUT2D eigenvalue weighted by atomic mass is 16.2. The highest BCUT2D eigenvalue weighted by molar-refractivity contribution is 5.76. The number of aromatic amines is 1. The maximum absolute atomic E-state index is 12.8. The van der Waals surface area contributed by atoms with Crippen molar-refractivity contribution in [2.75, 3.05) is 26.7 Å². The van der Waals surface area contributed by atoms with Crippen molar-refractivity contribution >= 4 is 5.91 Å². The summed E-state index contributed by atoms with van der Waals surface area (Å²) in [5.41, 5.74) is 0.0397. The number of carbonyl (C=O) groups excluding carboxylic acids is 1. The van der Waals surface area contributed by atoms with Gasteiger partial charge in [-0.3, -0.25) is 19.1 Å². The van der Waals surface area contributed by atoms with Crippen LogP contribution >= 0.6 is 0 Å². The molecule has 0 radical (unpaired) electrons. The molecule has 2 heterocycles. The minimum absolute atomic E-state index is 0.0455. The fourth-order valence-electron chi connectivity index (χ4n) is 2.98. The van der Waals surface area contributed by atoms with E-state index < -0.39 is 11.2 Å². The van der Waals surface area contributed by atoms with E-state index in [9.17, 15) is 14.4 Å². The number of benzene rings is 1. The Balaban J connectivity index is 1.83. The molecule has 3 rings (SSSR count). The lowest BCUT2D eigenvalue weighted by Gasteiger charge is -2.40. The minimum atomic E-state index is -0.568. The summed E-state index contributed by atoms with van der Waals surface area (Å²) in [6, 6.07) is 11.1. The van der Waals surface area contributed by atoms with Gasteiger partial charge in [0.15, 0.2) is 0 Å². The van der Waals surface area contributed by atoms with Gasteiger partial charge in [0.1, 0.15) is 6.54 Å². The smallest absolute Gasteiger partial charge is 0.328 e. The predicted molar refractivity (Wildman–Crippen MR) is 89.7 cm³/mol. The van der Waals surface area contributed by atoms with Crippen LogP contribution in [0.4, 0.5) is 0 Å². The summed E-state index contributed by atoms with van der Waals surface area (Å²) in [6.07, 6.45) is 1.35. The molecule has 1 atom stereocenters. The Kier molecular flexibility index (Phi) is 4.61. The van der Waals surface area contributed by atoms with Gasteiger partial charge in [-0.25, -0.2) is 4.79 Å². The third-order valence-electron chi connectivity index (χ3n) is 4.29. The lowest BCUT2D eigenvalue weighted by atomic mass is 10.0. The van der Waals surface area contributed by atoms with Crippen molar-refractivity contribution in [1.29, 1.82) is 0 Å². The molecule has 7 heteroatoms. The summed E-state index contributed by atoms with van der Waals surface area (Å²) in [5, 5.41) is 0. The van der Waals surface area contributed by atoms with Gasteiger partial charge in [-0.1, -0.05) is 30.3 Å². The zero-order valence-electron chi connectivity index (χ0n) is 13.5. The van der Waals surface area contributed by atoms with Gasteiger partial charge in [0.05, 0.1) is 6.04 Å². The molecule has 1 N–H and O–H groups in total. The number of nitrogens with zero attached hydrogens (tertiary/aromatic N) is 3. The van der Waals surface area contributed by atoms with Gasteiger partial charge in [0, 0.05) is 31.9 Å². The standard InChI is InChI=1S/C17H20N4O3/c1-19-9-10-21(14(11-19)13-5-3-2-4-6-13)16(23)12-20-8-7-15(22)18-17(20)24/h2-8,14H,9-12H2,1H3,(H,18,22,24)/t14-/m0/s1. The first-order valence-corrected chi connectivity index (χ1v) is 7.87. The summed E-state index contributed by atoms with van der Waals surface area (Å²) in [6.45, 7) is 2.06. The molecule has 1 aliphatic heterocycles. The van der Waals surface area contributed by atoms with Crippen molar-refractivity contribution in [2.24, 2.45) is 0 Å². The molecule has 0 aliphatic carbocycles. The molecular formula is C17H20N4O3. The van der Waals surface area contributed by atoms with Gasteiger partial charge in [0.2, 0.25) is 5.91 Å². The van der Waals surface area contributed by atoms with Gasteiger partial charge in [-0.2, -0.15) is 0 Å². The normalized spacial score (nSPS) is 18.5. The SMILES string of the molecule is CN1CCN(C(=O)Cn2ccc(=O)[nH]c2=O)[C@H](c2ccccc2)C1. The second-order valence-electron chi connectivity index (χ2n) is 6.01. The number of amides is 1. The highest BCUT2D eigenvalue weighted by Gasteiger charge is 2.30. The third-order valence-corrected chi connectivity index (χ3v) is 4.29. The van der Waals surface area contributed by atoms with Crippen LogP contribution in [0.3, 0.4) is 0 Å². The molecular weight excluding hydrogens is 308 g/mol. The van der Waals surface area contributed by atoms with E-state index in [1.54, 1.807) is 0 Å². The molecule has 1 fully saturated rings. The number of H-pyrrole nitrogens is 1.